The summed E-state index contributed by atoms with van der Waals surface area (Å²) in [5.41, 5.74) is 0.0355. The highest BCUT2D eigenvalue weighted by Crippen LogP contribution is 2.23. The van der Waals surface area contributed by atoms with Crippen LogP contribution >= 0.6 is 23.2 Å². The zero-order valence-corrected chi connectivity index (χ0v) is 13.2. The molecule has 5 nitrogen and oxygen atoms in total. The van der Waals surface area contributed by atoms with E-state index in [0.29, 0.717) is 20.9 Å². The van der Waals surface area contributed by atoms with Crippen molar-refractivity contribution in [1.82, 2.24) is 14.9 Å². The van der Waals surface area contributed by atoms with Gasteiger partial charge < -0.3 is 5.32 Å². The summed E-state index contributed by atoms with van der Waals surface area (Å²) in [5.74, 6) is -0.235. The number of hydrogen-bond donors (Lipinski definition) is 1. The van der Waals surface area contributed by atoms with Crippen molar-refractivity contribution in [3.05, 3.63) is 38.9 Å². The molecule has 0 radical (unpaired) electrons. The van der Waals surface area contributed by atoms with Gasteiger partial charge in [0.05, 0.1) is 22.3 Å². The van der Waals surface area contributed by atoms with Crippen molar-refractivity contribution in [3.8, 4) is 0 Å². The van der Waals surface area contributed by atoms with Crippen LogP contribution in [0.2, 0.25) is 10.0 Å². The third kappa shape index (κ3) is 3.54. The van der Waals surface area contributed by atoms with E-state index >= 15 is 0 Å². The van der Waals surface area contributed by atoms with Gasteiger partial charge in [0.2, 0.25) is 5.91 Å². The predicted molar refractivity (Wildman–Crippen MR) is 83.9 cm³/mol. The minimum absolute atomic E-state index is 0.0607. The van der Waals surface area contributed by atoms with Crippen LogP contribution in [0.4, 0.5) is 0 Å². The molecule has 0 saturated heterocycles. The second-order valence-corrected chi connectivity index (χ2v) is 5.68. The summed E-state index contributed by atoms with van der Waals surface area (Å²) in [6, 6.07) is 3.09. The largest absolute Gasteiger partial charge is 0.352 e. The third-order valence-corrected chi connectivity index (χ3v) is 3.69. The van der Waals surface area contributed by atoms with E-state index in [1.54, 1.807) is 0 Å². The fourth-order valence-electron chi connectivity index (χ4n) is 1.88. The lowest BCUT2D eigenvalue weighted by molar-refractivity contribution is -0.122. The lowest BCUT2D eigenvalue weighted by Crippen LogP contribution is -2.37. The highest BCUT2D eigenvalue weighted by molar-refractivity contribution is 6.38. The number of benzene rings is 1. The normalized spacial score (nSPS) is 12.4. The Bertz CT molecular complexity index is 743. The summed E-state index contributed by atoms with van der Waals surface area (Å²) in [6.07, 6.45) is 2.14. The molecular weight excluding hydrogens is 313 g/mol. The standard InChI is InChI=1S/C14H15Cl2N3O2/c1-3-8(2)18-12(20)6-19-7-17-13-10(14(19)21)4-9(15)5-11(13)16/h4-5,7-8H,3,6H2,1-2H3,(H,18,20). The average Bonchev–Trinajstić information content (AvgIpc) is 2.42. The van der Waals surface area contributed by atoms with E-state index < -0.39 is 0 Å². The van der Waals surface area contributed by atoms with Gasteiger partial charge in [0.25, 0.3) is 5.56 Å². The van der Waals surface area contributed by atoms with E-state index in [4.69, 9.17) is 23.2 Å². The fraction of sp³-hybridized carbons (Fsp3) is 0.357. The van der Waals surface area contributed by atoms with Gasteiger partial charge in [0, 0.05) is 11.1 Å². The van der Waals surface area contributed by atoms with Gasteiger partial charge >= 0.3 is 0 Å². The molecule has 0 bridgehead atoms. The summed E-state index contributed by atoms with van der Waals surface area (Å²) in [5, 5.41) is 3.76. The Kier molecular flexibility index (Phi) is 4.85. The highest BCUT2D eigenvalue weighted by Gasteiger charge is 2.12. The van der Waals surface area contributed by atoms with Crippen molar-refractivity contribution in [2.75, 3.05) is 0 Å². The molecule has 2 aromatic rings. The van der Waals surface area contributed by atoms with E-state index in [0.717, 1.165) is 6.42 Å². The van der Waals surface area contributed by atoms with Gasteiger partial charge in [-0.3, -0.25) is 14.2 Å². The van der Waals surface area contributed by atoms with Gasteiger partial charge in [-0.25, -0.2) is 4.98 Å². The van der Waals surface area contributed by atoms with Crippen LogP contribution in [0.1, 0.15) is 20.3 Å². The minimum Gasteiger partial charge on any atom is -0.352 e. The number of halogens is 2. The van der Waals surface area contributed by atoms with Gasteiger partial charge in [-0.05, 0) is 25.5 Å². The number of rotatable bonds is 4. The maximum Gasteiger partial charge on any atom is 0.261 e. The summed E-state index contributed by atoms with van der Waals surface area (Å²) >= 11 is 11.9. The van der Waals surface area contributed by atoms with Crippen LogP contribution in [-0.2, 0) is 11.3 Å². The lowest BCUT2D eigenvalue weighted by Gasteiger charge is -2.12. The third-order valence-electron chi connectivity index (χ3n) is 3.18. The molecule has 1 heterocycles. The van der Waals surface area contributed by atoms with Gasteiger partial charge in [0.1, 0.15) is 6.54 Å². The number of hydrogen-bond acceptors (Lipinski definition) is 3. The molecule has 1 aromatic carbocycles. The van der Waals surface area contributed by atoms with Crippen LogP contribution in [0.5, 0.6) is 0 Å². The molecule has 2 rings (SSSR count). The molecule has 7 heteroatoms. The second-order valence-electron chi connectivity index (χ2n) is 4.84. The SMILES string of the molecule is CCC(C)NC(=O)Cn1cnc2c(Cl)cc(Cl)cc2c1=O. The van der Waals surface area contributed by atoms with Crippen LogP contribution in [0.3, 0.4) is 0 Å². The molecule has 1 unspecified atom stereocenters. The smallest absolute Gasteiger partial charge is 0.261 e. The van der Waals surface area contributed by atoms with Crippen molar-refractivity contribution < 1.29 is 4.79 Å². The Balaban J connectivity index is 2.36. The number of fused-ring (bicyclic) bond motifs is 1. The Morgan fingerprint density at radius 2 is 2.14 bits per heavy atom. The number of nitrogens with one attached hydrogen (secondary N) is 1. The average molecular weight is 328 g/mol. The molecule has 1 N–H and O–H groups in total. The van der Waals surface area contributed by atoms with Crippen molar-refractivity contribution in [2.45, 2.75) is 32.9 Å². The molecule has 0 fully saturated rings. The minimum atomic E-state index is -0.344. The van der Waals surface area contributed by atoms with Gasteiger partial charge in [-0.15, -0.1) is 0 Å². The van der Waals surface area contributed by atoms with Crippen LogP contribution in [-0.4, -0.2) is 21.5 Å². The number of carbonyl (C=O) groups excluding carboxylic acids is 1. The highest BCUT2D eigenvalue weighted by atomic mass is 35.5. The maximum absolute atomic E-state index is 12.3. The van der Waals surface area contributed by atoms with Crippen molar-refractivity contribution in [1.29, 1.82) is 0 Å². The van der Waals surface area contributed by atoms with E-state index in [1.807, 2.05) is 13.8 Å². The maximum atomic E-state index is 12.3. The summed E-state index contributed by atoms with van der Waals surface area (Å²) in [7, 11) is 0. The molecule has 0 aliphatic rings. The summed E-state index contributed by atoms with van der Waals surface area (Å²) in [6.45, 7) is 3.79. The fourth-order valence-corrected chi connectivity index (χ4v) is 2.43. The van der Waals surface area contributed by atoms with Gasteiger partial charge in [-0.2, -0.15) is 0 Å². The van der Waals surface area contributed by atoms with E-state index in [-0.39, 0.29) is 24.1 Å². The molecule has 0 aliphatic heterocycles. The molecule has 0 spiro atoms. The Morgan fingerprint density at radius 3 is 2.81 bits per heavy atom. The second kappa shape index (κ2) is 6.45. The zero-order chi connectivity index (χ0) is 15.6. The summed E-state index contributed by atoms with van der Waals surface area (Å²) < 4.78 is 1.24. The van der Waals surface area contributed by atoms with E-state index in [2.05, 4.69) is 10.3 Å². The Labute approximate surface area is 131 Å². The lowest BCUT2D eigenvalue weighted by atomic mass is 10.2. The van der Waals surface area contributed by atoms with Crippen molar-refractivity contribution in [3.63, 3.8) is 0 Å². The molecule has 1 atom stereocenters. The monoisotopic (exact) mass is 327 g/mol. The summed E-state index contributed by atoms with van der Waals surface area (Å²) in [4.78, 5) is 28.3. The topological polar surface area (TPSA) is 64.0 Å². The van der Waals surface area contributed by atoms with E-state index in [9.17, 15) is 9.59 Å². The molecule has 1 amide bonds. The van der Waals surface area contributed by atoms with Crippen molar-refractivity contribution >= 4 is 40.0 Å². The molecule has 21 heavy (non-hydrogen) atoms. The number of nitrogens with zero attached hydrogens (tertiary/aromatic N) is 2. The Morgan fingerprint density at radius 1 is 1.43 bits per heavy atom. The van der Waals surface area contributed by atoms with Gasteiger partial charge in [0.15, 0.2) is 0 Å². The first-order chi connectivity index (χ1) is 9.92. The van der Waals surface area contributed by atoms with Crippen LogP contribution in [0.15, 0.2) is 23.3 Å². The van der Waals surface area contributed by atoms with E-state index in [1.165, 1.54) is 23.0 Å². The quantitative estimate of drug-likeness (QED) is 0.938. The van der Waals surface area contributed by atoms with Crippen LogP contribution < -0.4 is 10.9 Å². The number of carbonyl (C=O) groups is 1. The van der Waals surface area contributed by atoms with Crippen molar-refractivity contribution in [2.24, 2.45) is 0 Å². The first kappa shape index (κ1) is 15.8. The molecule has 112 valence electrons. The predicted octanol–water partition coefficient (Wildman–Crippen LogP) is 2.62. The van der Waals surface area contributed by atoms with Gasteiger partial charge in [-0.1, -0.05) is 30.1 Å². The number of amides is 1. The Hall–Kier alpha value is -1.59. The molecule has 1 aromatic heterocycles. The van der Waals surface area contributed by atoms with Crippen LogP contribution in [0, 0.1) is 0 Å². The molecule has 0 saturated carbocycles. The molecular formula is C14H15Cl2N3O2. The molecule has 0 aliphatic carbocycles. The van der Waals surface area contributed by atoms with Crippen LogP contribution in [0.25, 0.3) is 10.9 Å². The first-order valence-corrected chi connectivity index (χ1v) is 7.31. The zero-order valence-electron chi connectivity index (χ0n) is 11.7. The number of aromatic nitrogens is 2. The first-order valence-electron chi connectivity index (χ1n) is 6.56.